The Bertz CT molecular complexity index is 1130. The molecule has 2 aromatic carbocycles. The number of nitrogens with zero attached hydrogens (tertiary/aromatic N) is 2. The van der Waals surface area contributed by atoms with Crippen molar-refractivity contribution in [2.45, 2.75) is 6.92 Å². The fourth-order valence-electron chi connectivity index (χ4n) is 2.98. The highest BCUT2D eigenvalue weighted by Gasteiger charge is 2.21. The van der Waals surface area contributed by atoms with Gasteiger partial charge in [-0.1, -0.05) is 42.0 Å². The van der Waals surface area contributed by atoms with Crippen LogP contribution in [0.5, 0.6) is 5.75 Å². The number of aromatic amines is 1. The van der Waals surface area contributed by atoms with Crippen LogP contribution in [0.1, 0.15) is 21.5 Å². The molecule has 26 heavy (non-hydrogen) atoms. The molecule has 0 saturated carbocycles. The first-order valence-corrected chi connectivity index (χ1v) is 8.14. The Morgan fingerprint density at radius 3 is 2.69 bits per heavy atom. The maximum atomic E-state index is 12.9. The first-order chi connectivity index (χ1) is 12.5. The Morgan fingerprint density at radius 1 is 1.15 bits per heavy atom. The first kappa shape index (κ1) is 15.8. The summed E-state index contributed by atoms with van der Waals surface area (Å²) < 4.78 is 1.55. The third kappa shape index (κ3) is 2.57. The zero-order valence-electron chi connectivity index (χ0n) is 14.1. The number of aromatic hydroxyl groups is 1. The molecule has 0 aliphatic heterocycles. The minimum atomic E-state index is -0.292. The molecule has 0 bridgehead atoms. The number of anilines is 1. The Hall–Kier alpha value is -3.67. The summed E-state index contributed by atoms with van der Waals surface area (Å²) in [5, 5.41) is 14.3. The quantitative estimate of drug-likeness (QED) is 0.393. The number of imidazole rings is 1. The topological polar surface area (TPSA) is 96.1 Å². The summed E-state index contributed by atoms with van der Waals surface area (Å²) in [6.07, 6.45) is 1.45. The van der Waals surface area contributed by atoms with Crippen LogP contribution in [0.2, 0.25) is 0 Å². The fourth-order valence-corrected chi connectivity index (χ4v) is 2.98. The highest BCUT2D eigenvalue weighted by Crippen LogP contribution is 2.25. The Labute approximate surface area is 149 Å². The summed E-state index contributed by atoms with van der Waals surface area (Å²) in [7, 11) is 0. The minimum Gasteiger partial charge on any atom is -0.507 e. The lowest BCUT2D eigenvalue weighted by Crippen LogP contribution is -2.28. The molecule has 6 heteroatoms. The number of nitrogen functional groups attached to an aromatic ring is 1. The summed E-state index contributed by atoms with van der Waals surface area (Å²) in [4.78, 5) is 16.0. The predicted molar refractivity (Wildman–Crippen MR) is 97.9 cm³/mol. The monoisotopic (exact) mass is 345 g/mol. The summed E-state index contributed by atoms with van der Waals surface area (Å²) in [6.45, 7) is 1.87. The number of H-pyrrole nitrogens is 1. The zero-order valence-corrected chi connectivity index (χ0v) is 14.1. The summed E-state index contributed by atoms with van der Waals surface area (Å²) in [5.41, 5.74) is 9.94. The number of hydrogen-bond acceptors (Lipinski definition) is 4. The molecular weight excluding hydrogens is 328 g/mol. The molecule has 4 rings (SSSR count). The van der Waals surface area contributed by atoms with Gasteiger partial charge in [0.25, 0.3) is 0 Å². The van der Waals surface area contributed by atoms with E-state index >= 15 is 0 Å². The normalized spacial score (nSPS) is 11.0. The second kappa shape index (κ2) is 6.00. The number of carbonyl (C=O) groups is 1. The van der Waals surface area contributed by atoms with Crippen molar-refractivity contribution in [2.24, 2.45) is 0 Å². The van der Waals surface area contributed by atoms with Crippen molar-refractivity contribution in [3.05, 3.63) is 77.5 Å². The van der Waals surface area contributed by atoms with E-state index in [1.807, 2.05) is 37.3 Å². The maximum Gasteiger partial charge on any atom is 0.378 e. The van der Waals surface area contributed by atoms with Gasteiger partial charge in [0, 0.05) is 11.1 Å². The third-order valence-electron chi connectivity index (χ3n) is 4.29. The van der Waals surface area contributed by atoms with Crippen LogP contribution < -0.4 is 10.2 Å². The SMILES string of the molecule is Cc1ccc(O)c(C(=O)c2cn[n+]3c(N)[nH]c(-c4ccccc4)c3c2)c1. The number of hydrogen-bond donors (Lipinski definition) is 3. The van der Waals surface area contributed by atoms with Crippen molar-refractivity contribution < 1.29 is 14.4 Å². The lowest BCUT2D eigenvalue weighted by molar-refractivity contribution is -0.564. The van der Waals surface area contributed by atoms with Crippen molar-refractivity contribution in [3.63, 3.8) is 0 Å². The zero-order chi connectivity index (χ0) is 18.3. The highest BCUT2D eigenvalue weighted by atomic mass is 16.3. The van der Waals surface area contributed by atoms with E-state index in [1.54, 1.807) is 22.7 Å². The lowest BCUT2D eigenvalue weighted by atomic mass is 10.0. The van der Waals surface area contributed by atoms with Crippen LogP contribution >= 0.6 is 0 Å². The van der Waals surface area contributed by atoms with Gasteiger partial charge < -0.3 is 5.11 Å². The molecule has 0 aliphatic carbocycles. The van der Waals surface area contributed by atoms with Crippen molar-refractivity contribution in [2.75, 3.05) is 5.73 Å². The van der Waals surface area contributed by atoms with Crippen LogP contribution in [0, 0.1) is 6.92 Å². The van der Waals surface area contributed by atoms with Gasteiger partial charge in [0.1, 0.15) is 11.4 Å². The Kier molecular flexibility index (Phi) is 3.65. The smallest absolute Gasteiger partial charge is 0.378 e. The number of phenolic OH excluding ortho intramolecular Hbond substituents is 1. The van der Waals surface area contributed by atoms with Gasteiger partial charge in [-0.15, -0.1) is 9.61 Å². The van der Waals surface area contributed by atoms with E-state index in [1.165, 1.54) is 12.3 Å². The number of aryl methyl sites for hydroxylation is 1. The van der Waals surface area contributed by atoms with Gasteiger partial charge in [-0.3, -0.25) is 10.5 Å². The van der Waals surface area contributed by atoms with Crippen LogP contribution in [-0.2, 0) is 0 Å². The number of fused-ring (bicyclic) bond motifs is 1. The van der Waals surface area contributed by atoms with E-state index in [9.17, 15) is 9.90 Å². The standard InChI is InChI=1S/C20H16N4O2/c1-12-7-8-17(25)15(9-12)19(26)14-10-16-18(13-5-3-2-4-6-13)23-20(21)24(16)22-11-14/h2-11H,1H3,(H3,21,22,23,25,26)/p+1. The van der Waals surface area contributed by atoms with E-state index in [4.69, 9.17) is 5.73 Å². The number of benzene rings is 2. The second-order valence-corrected chi connectivity index (χ2v) is 6.14. The van der Waals surface area contributed by atoms with Crippen LogP contribution in [0.15, 0.2) is 60.8 Å². The molecule has 0 amide bonds. The fraction of sp³-hybridized carbons (Fsp3) is 0.0500. The summed E-state index contributed by atoms with van der Waals surface area (Å²) in [6, 6.07) is 16.4. The molecule has 0 aliphatic rings. The third-order valence-corrected chi connectivity index (χ3v) is 4.29. The van der Waals surface area contributed by atoms with Crippen molar-refractivity contribution in [1.82, 2.24) is 10.1 Å². The molecule has 0 spiro atoms. The second-order valence-electron chi connectivity index (χ2n) is 6.14. The van der Waals surface area contributed by atoms with Gasteiger partial charge in [0.05, 0.1) is 11.8 Å². The lowest BCUT2D eigenvalue weighted by Gasteiger charge is -2.05. The predicted octanol–water partition coefficient (Wildman–Crippen LogP) is 2.64. The molecule has 2 aromatic heterocycles. The van der Waals surface area contributed by atoms with E-state index < -0.39 is 0 Å². The largest absolute Gasteiger partial charge is 0.507 e. The van der Waals surface area contributed by atoms with E-state index in [0.717, 1.165) is 16.8 Å². The Morgan fingerprint density at radius 2 is 1.92 bits per heavy atom. The average molecular weight is 345 g/mol. The molecule has 4 aromatic rings. The van der Waals surface area contributed by atoms with Crippen LogP contribution in [-0.4, -0.2) is 21.0 Å². The number of carbonyl (C=O) groups excluding carboxylic acids is 1. The van der Waals surface area contributed by atoms with Crippen molar-refractivity contribution >= 4 is 17.2 Å². The number of nitrogens with two attached hydrogens (primary N) is 1. The first-order valence-electron chi connectivity index (χ1n) is 8.14. The number of phenols is 1. The summed E-state index contributed by atoms with van der Waals surface area (Å²) in [5.74, 6) is 0.0291. The molecule has 6 nitrogen and oxygen atoms in total. The molecule has 0 unspecified atom stereocenters. The molecule has 0 saturated heterocycles. The molecule has 2 heterocycles. The number of rotatable bonds is 3. The number of aromatic nitrogens is 3. The van der Waals surface area contributed by atoms with Gasteiger partial charge in [-0.2, -0.15) is 0 Å². The molecule has 0 radical (unpaired) electrons. The molecule has 4 N–H and O–H groups in total. The molecular formula is C20H17N4O2+. The maximum absolute atomic E-state index is 12.9. The van der Waals surface area contributed by atoms with E-state index in [-0.39, 0.29) is 17.1 Å². The highest BCUT2D eigenvalue weighted by molar-refractivity contribution is 6.11. The van der Waals surface area contributed by atoms with E-state index in [2.05, 4.69) is 10.1 Å². The van der Waals surface area contributed by atoms with Crippen molar-refractivity contribution in [1.29, 1.82) is 0 Å². The van der Waals surface area contributed by atoms with Gasteiger partial charge in [-0.25, -0.2) is 4.98 Å². The molecule has 0 atom stereocenters. The molecule has 0 fully saturated rings. The molecule has 128 valence electrons. The van der Waals surface area contributed by atoms with Gasteiger partial charge in [0.15, 0.2) is 11.3 Å². The van der Waals surface area contributed by atoms with Gasteiger partial charge in [-0.05, 0) is 25.1 Å². The number of ketones is 1. The minimum absolute atomic E-state index is 0.0507. The average Bonchev–Trinajstić information content (AvgIpc) is 3.00. The van der Waals surface area contributed by atoms with Crippen LogP contribution in [0.25, 0.3) is 16.8 Å². The van der Waals surface area contributed by atoms with Crippen LogP contribution in [0.3, 0.4) is 0 Å². The van der Waals surface area contributed by atoms with Crippen LogP contribution in [0.4, 0.5) is 5.95 Å². The van der Waals surface area contributed by atoms with Crippen molar-refractivity contribution in [3.8, 4) is 17.0 Å². The number of nitrogens with one attached hydrogen (secondary N) is 1. The van der Waals surface area contributed by atoms with E-state index in [0.29, 0.717) is 17.0 Å². The van der Waals surface area contributed by atoms with Gasteiger partial charge in [0.2, 0.25) is 0 Å². The summed E-state index contributed by atoms with van der Waals surface area (Å²) >= 11 is 0. The van der Waals surface area contributed by atoms with Gasteiger partial charge >= 0.3 is 5.95 Å². The Balaban J connectivity index is 1.88.